The van der Waals surface area contributed by atoms with Gasteiger partial charge >= 0.3 is 0 Å². The Labute approximate surface area is 131 Å². The maximum Gasteiger partial charge on any atom is 0.0612 e. The lowest BCUT2D eigenvalue weighted by Crippen LogP contribution is -2.34. The normalized spacial score (nSPS) is 18.9. The van der Waals surface area contributed by atoms with E-state index in [4.69, 9.17) is 28.3 Å². The Hall–Kier alpha value is -0.480. The average molecular weight is 317 g/mol. The van der Waals surface area contributed by atoms with Crippen LogP contribution in [0.2, 0.25) is 10.0 Å². The average Bonchev–Trinajstić information content (AvgIpc) is 2.67. The van der Waals surface area contributed by atoms with Crippen LogP contribution in [0.3, 0.4) is 0 Å². The highest BCUT2D eigenvalue weighted by atomic mass is 35.5. The molecular formula is C15H22Cl2N2O. The van der Waals surface area contributed by atoms with E-state index < -0.39 is 0 Å². The molecule has 0 aliphatic carbocycles. The predicted molar refractivity (Wildman–Crippen MR) is 86.0 cm³/mol. The molecule has 20 heavy (non-hydrogen) atoms. The lowest BCUT2D eigenvalue weighted by Gasteiger charge is -2.25. The Kier molecular flexibility index (Phi) is 5.97. The van der Waals surface area contributed by atoms with E-state index in [1.54, 1.807) is 0 Å². The van der Waals surface area contributed by atoms with Crippen molar-refractivity contribution in [3.05, 3.63) is 28.2 Å². The van der Waals surface area contributed by atoms with Crippen molar-refractivity contribution in [1.82, 2.24) is 4.90 Å². The molecule has 0 unspecified atom stereocenters. The van der Waals surface area contributed by atoms with Crippen molar-refractivity contribution in [2.75, 3.05) is 44.2 Å². The van der Waals surface area contributed by atoms with Crippen molar-refractivity contribution in [3.63, 3.8) is 0 Å². The van der Waals surface area contributed by atoms with Crippen molar-refractivity contribution in [2.24, 2.45) is 5.92 Å². The summed E-state index contributed by atoms with van der Waals surface area (Å²) in [4.78, 5) is 4.78. The molecule has 0 spiro atoms. The number of anilines is 1. The van der Waals surface area contributed by atoms with Gasteiger partial charge in [0.15, 0.2) is 0 Å². The monoisotopic (exact) mass is 316 g/mol. The molecule has 1 atom stereocenters. The fraction of sp³-hybridized carbons (Fsp3) is 0.600. The molecule has 1 aromatic rings. The summed E-state index contributed by atoms with van der Waals surface area (Å²) < 4.78 is 0. The summed E-state index contributed by atoms with van der Waals surface area (Å²) >= 11 is 12.1. The number of halogens is 2. The first-order valence-corrected chi connectivity index (χ1v) is 7.89. The second-order valence-corrected chi connectivity index (χ2v) is 6.34. The zero-order valence-corrected chi connectivity index (χ0v) is 13.4. The van der Waals surface area contributed by atoms with E-state index in [1.165, 1.54) is 0 Å². The summed E-state index contributed by atoms with van der Waals surface area (Å²) in [6.45, 7) is 7.42. The van der Waals surface area contributed by atoms with Crippen LogP contribution < -0.4 is 4.90 Å². The molecule has 0 aromatic heterocycles. The Balaban J connectivity index is 1.96. The predicted octanol–water partition coefficient (Wildman–Crippen LogP) is 3.13. The minimum atomic E-state index is 0.257. The smallest absolute Gasteiger partial charge is 0.0612 e. The summed E-state index contributed by atoms with van der Waals surface area (Å²) in [5.41, 5.74) is 1.14. The van der Waals surface area contributed by atoms with Crippen LogP contribution >= 0.6 is 23.2 Å². The van der Waals surface area contributed by atoms with Gasteiger partial charge in [-0.2, -0.15) is 0 Å². The lowest BCUT2D eigenvalue weighted by atomic mass is 10.2. The SMILES string of the molecule is C[C@@H](CO)CN1CCCN(c2ccc(Cl)c(Cl)c2)CC1. The highest BCUT2D eigenvalue weighted by Gasteiger charge is 2.17. The molecular weight excluding hydrogens is 295 g/mol. The molecule has 1 aromatic carbocycles. The molecule has 2 rings (SSSR count). The zero-order valence-electron chi connectivity index (χ0n) is 11.9. The van der Waals surface area contributed by atoms with Gasteiger partial charge in [0.1, 0.15) is 0 Å². The zero-order chi connectivity index (χ0) is 14.5. The molecule has 0 saturated carbocycles. The first kappa shape index (κ1) is 15.9. The minimum absolute atomic E-state index is 0.257. The van der Waals surface area contributed by atoms with Crippen LogP contribution in [0.1, 0.15) is 13.3 Å². The lowest BCUT2D eigenvalue weighted by molar-refractivity contribution is 0.179. The second kappa shape index (κ2) is 7.51. The second-order valence-electron chi connectivity index (χ2n) is 5.53. The van der Waals surface area contributed by atoms with Crippen LogP contribution in [0.4, 0.5) is 5.69 Å². The third kappa shape index (κ3) is 4.26. The van der Waals surface area contributed by atoms with Gasteiger partial charge < -0.3 is 14.9 Å². The summed E-state index contributed by atoms with van der Waals surface area (Å²) in [6, 6.07) is 5.83. The van der Waals surface area contributed by atoms with Gasteiger partial charge in [0.05, 0.1) is 10.0 Å². The van der Waals surface area contributed by atoms with Gasteiger partial charge in [-0.25, -0.2) is 0 Å². The van der Waals surface area contributed by atoms with Gasteiger partial charge in [-0.05, 0) is 37.1 Å². The number of hydrogen-bond donors (Lipinski definition) is 1. The van der Waals surface area contributed by atoms with Gasteiger partial charge in [-0.1, -0.05) is 30.1 Å². The highest BCUT2D eigenvalue weighted by Crippen LogP contribution is 2.27. The molecule has 1 heterocycles. The number of aliphatic hydroxyl groups excluding tert-OH is 1. The quantitative estimate of drug-likeness (QED) is 0.924. The largest absolute Gasteiger partial charge is 0.396 e. The third-order valence-corrected chi connectivity index (χ3v) is 4.48. The van der Waals surface area contributed by atoms with Crippen molar-refractivity contribution in [1.29, 1.82) is 0 Å². The number of aliphatic hydroxyl groups is 1. The van der Waals surface area contributed by atoms with Crippen molar-refractivity contribution >= 4 is 28.9 Å². The summed E-state index contributed by atoms with van der Waals surface area (Å²) in [6.07, 6.45) is 1.12. The first-order chi connectivity index (χ1) is 9.60. The fourth-order valence-electron chi connectivity index (χ4n) is 2.59. The third-order valence-electron chi connectivity index (χ3n) is 3.74. The molecule has 1 fully saturated rings. The van der Waals surface area contributed by atoms with Gasteiger partial charge in [-0.3, -0.25) is 0 Å². The van der Waals surface area contributed by atoms with E-state index in [0.29, 0.717) is 16.0 Å². The summed E-state index contributed by atoms with van der Waals surface area (Å²) in [5, 5.41) is 10.4. The Morgan fingerprint density at radius 3 is 2.65 bits per heavy atom. The van der Waals surface area contributed by atoms with Crippen molar-refractivity contribution in [2.45, 2.75) is 13.3 Å². The summed E-state index contributed by atoms with van der Waals surface area (Å²) in [7, 11) is 0. The Morgan fingerprint density at radius 2 is 1.95 bits per heavy atom. The molecule has 5 heteroatoms. The van der Waals surface area contributed by atoms with E-state index in [9.17, 15) is 0 Å². The number of hydrogen-bond acceptors (Lipinski definition) is 3. The number of nitrogens with zero attached hydrogens (tertiary/aromatic N) is 2. The molecule has 1 aliphatic rings. The maximum atomic E-state index is 9.16. The molecule has 3 nitrogen and oxygen atoms in total. The molecule has 1 saturated heterocycles. The van der Waals surface area contributed by atoms with Gasteiger partial charge in [0.25, 0.3) is 0 Å². The Morgan fingerprint density at radius 1 is 1.15 bits per heavy atom. The molecule has 0 amide bonds. The van der Waals surface area contributed by atoms with Gasteiger partial charge in [0.2, 0.25) is 0 Å². The minimum Gasteiger partial charge on any atom is -0.396 e. The molecule has 0 bridgehead atoms. The van der Waals surface area contributed by atoms with Gasteiger partial charge in [0, 0.05) is 38.5 Å². The van der Waals surface area contributed by atoms with E-state index in [-0.39, 0.29) is 6.61 Å². The van der Waals surface area contributed by atoms with Crippen LogP contribution in [-0.2, 0) is 0 Å². The van der Waals surface area contributed by atoms with Crippen molar-refractivity contribution < 1.29 is 5.11 Å². The molecule has 0 radical (unpaired) electrons. The fourth-order valence-corrected chi connectivity index (χ4v) is 2.88. The van der Waals surface area contributed by atoms with Crippen LogP contribution in [0.5, 0.6) is 0 Å². The van der Waals surface area contributed by atoms with Gasteiger partial charge in [-0.15, -0.1) is 0 Å². The number of benzene rings is 1. The van der Waals surface area contributed by atoms with E-state index in [2.05, 4.69) is 16.7 Å². The maximum absolute atomic E-state index is 9.16. The van der Waals surface area contributed by atoms with Crippen molar-refractivity contribution in [3.8, 4) is 0 Å². The first-order valence-electron chi connectivity index (χ1n) is 7.13. The van der Waals surface area contributed by atoms with E-state index in [0.717, 1.165) is 44.8 Å². The van der Waals surface area contributed by atoms with Crippen LogP contribution in [0.15, 0.2) is 18.2 Å². The van der Waals surface area contributed by atoms with E-state index in [1.807, 2.05) is 18.2 Å². The molecule has 1 aliphatic heterocycles. The van der Waals surface area contributed by atoms with E-state index >= 15 is 0 Å². The topological polar surface area (TPSA) is 26.7 Å². The van der Waals surface area contributed by atoms with Crippen LogP contribution in [0, 0.1) is 5.92 Å². The highest BCUT2D eigenvalue weighted by molar-refractivity contribution is 6.42. The molecule has 112 valence electrons. The van der Waals surface area contributed by atoms with Crippen LogP contribution in [0.25, 0.3) is 0 Å². The van der Waals surface area contributed by atoms with Crippen LogP contribution in [-0.4, -0.2) is 49.3 Å². The molecule has 1 N–H and O–H groups in total. The standard InChI is InChI=1S/C15H22Cl2N2O/c1-12(11-20)10-18-5-2-6-19(8-7-18)13-3-4-14(16)15(17)9-13/h3-4,9,12,20H,2,5-8,10-11H2,1H3/t12-/m1/s1. The number of rotatable bonds is 4. The summed E-state index contributed by atoms with van der Waals surface area (Å²) in [5.74, 6) is 0.339. The Bertz CT molecular complexity index is 442.